The molecule has 16 heavy (non-hydrogen) atoms. The Bertz CT molecular complexity index is 279. The lowest BCUT2D eigenvalue weighted by Crippen LogP contribution is -2.00. The van der Waals surface area contributed by atoms with Gasteiger partial charge in [-0.25, -0.2) is 0 Å². The topological polar surface area (TPSA) is 64.7 Å². The molecule has 0 spiro atoms. The van der Waals surface area contributed by atoms with Crippen LogP contribution in [0.5, 0.6) is 0 Å². The number of unbranched alkanes of at least 4 members (excludes halogenated alkanes) is 3. The summed E-state index contributed by atoms with van der Waals surface area (Å²) in [5.74, 6) is 0. The SMILES string of the molecule is CCCCCCP(=O)(CCC#N)CCC#N. The van der Waals surface area contributed by atoms with Gasteiger partial charge >= 0.3 is 0 Å². The van der Waals surface area contributed by atoms with Crippen molar-refractivity contribution in [3.63, 3.8) is 0 Å². The Morgan fingerprint density at radius 2 is 1.50 bits per heavy atom. The van der Waals surface area contributed by atoms with E-state index in [0.717, 1.165) is 19.0 Å². The van der Waals surface area contributed by atoms with E-state index in [2.05, 4.69) is 6.92 Å². The van der Waals surface area contributed by atoms with Crippen molar-refractivity contribution >= 4 is 7.14 Å². The molecule has 0 atom stereocenters. The van der Waals surface area contributed by atoms with Gasteiger partial charge < -0.3 is 4.57 Å². The lowest BCUT2D eigenvalue weighted by Gasteiger charge is -2.15. The molecule has 0 fully saturated rings. The fourth-order valence-electron chi connectivity index (χ4n) is 1.67. The predicted octanol–water partition coefficient (Wildman–Crippen LogP) is 3.76. The van der Waals surface area contributed by atoms with E-state index in [1.54, 1.807) is 0 Å². The van der Waals surface area contributed by atoms with E-state index in [0.29, 0.717) is 25.2 Å². The molecule has 0 heterocycles. The van der Waals surface area contributed by atoms with E-state index in [1.807, 2.05) is 12.1 Å². The molecule has 4 heteroatoms. The third-order valence-electron chi connectivity index (χ3n) is 2.68. The van der Waals surface area contributed by atoms with Crippen molar-refractivity contribution in [1.82, 2.24) is 0 Å². The van der Waals surface area contributed by atoms with Gasteiger partial charge in [0.05, 0.1) is 19.3 Å². The average Bonchev–Trinajstić information content (AvgIpc) is 2.30. The van der Waals surface area contributed by atoms with Crippen LogP contribution in [0.3, 0.4) is 0 Å². The molecule has 0 saturated heterocycles. The fourth-order valence-corrected chi connectivity index (χ4v) is 4.16. The molecule has 90 valence electrons. The Hall–Kier alpha value is -0.790. The molecule has 3 nitrogen and oxygen atoms in total. The molecule has 0 unspecified atom stereocenters. The average molecular weight is 240 g/mol. The lowest BCUT2D eigenvalue weighted by atomic mass is 10.2. The van der Waals surface area contributed by atoms with E-state index in [4.69, 9.17) is 10.5 Å². The molecule has 0 bridgehead atoms. The first kappa shape index (κ1) is 15.2. The molecular weight excluding hydrogens is 219 g/mol. The lowest BCUT2D eigenvalue weighted by molar-refractivity contribution is 0.569. The number of nitrogens with zero attached hydrogens (tertiary/aromatic N) is 2. The monoisotopic (exact) mass is 240 g/mol. The Kier molecular flexibility index (Phi) is 8.97. The quantitative estimate of drug-likeness (QED) is 0.455. The highest BCUT2D eigenvalue weighted by atomic mass is 31.2. The smallest absolute Gasteiger partial charge is 0.0897 e. The molecule has 0 aliphatic heterocycles. The van der Waals surface area contributed by atoms with Gasteiger partial charge in [-0.2, -0.15) is 10.5 Å². The van der Waals surface area contributed by atoms with Gasteiger partial charge in [-0.05, 0) is 6.42 Å². The summed E-state index contributed by atoms with van der Waals surface area (Å²) >= 11 is 0. The number of hydrogen-bond donors (Lipinski definition) is 0. The maximum Gasteiger partial charge on any atom is 0.0897 e. The summed E-state index contributed by atoms with van der Waals surface area (Å²) < 4.78 is 12.4. The van der Waals surface area contributed by atoms with Crippen LogP contribution in [0.1, 0.15) is 45.4 Å². The van der Waals surface area contributed by atoms with Crippen molar-refractivity contribution in [2.75, 3.05) is 18.5 Å². The maximum atomic E-state index is 12.4. The first-order valence-corrected chi connectivity index (χ1v) is 8.26. The van der Waals surface area contributed by atoms with Crippen LogP contribution in [0.15, 0.2) is 0 Å². The summed E-state index contributed by atoms with van der Waals surface area (Å²) in [5.41, 5.74) is 0. The van der Waals surface area contributed by atoms with Crippen molar-refractivity contribution in [3.8, 4) is 12.1 Å². The first-order chi connectivity index (χ1) is 7.68. The molecule has 0 aliphatic rings. The Morgan fingerprint density at radius 1 is 0.938 bits per heavy atom. The zero-order valence-corrected chi connectivity index (χ0v) is 11.0. The van der Waals surface area contributed by atoms with E-state index < -0.39 is 7.14 Å². The van der Waals surface area contributed by atoms with Gasteiger partial charge in [0, 0.05) is 31.3 Å². The predicted molar refractivity (Wildman–Crippen MR) is 66.8 cm³/mol. The second-order valence-electron chi connectivity index (χ2n) is 4.11. The van der Waals surface area contributed by atoms with Crippen LogP contribution < -0.4 is 0 Å². The molecule has 0 radical (unpaired) electrons. The Balaban J connectivity index is 4.04. The summed E-state index contributed by atoms with van der Waals surface area (Å²) in [6.07, 6.45) is 6.86. The zero-order valence-electron chi connectivity index (χ0n) is 10.1. The summed E-state index contributed by atoms with van der Waals surface area (Å²) in [4.78, 5) is 0. The van der Waals surface area contributed by atoms with Crippen LogP contribution >= 0.6 is 7.14 Å². The molecule has 0 aromatic rings. The highest BCUT2D eigenvalue weighted by Crippen LogP contribution is 2.47. The second kappa shape index (κ2) is 9.44. The molecule has 0 amide bonds. The van der Waals surface area contributed by atoms with Gasteiger partial charge in [-0.1, -0.05) is 26.2 Å². The van der Waals surface area contributed by atoms with Crippen LogP contribution in [0.4, 0.5) is 0 Å². The number of rotatable bonds is 9. The Labute approximate surface area is 98.8 Å². The van der Waals surface area contributed by atoms with Crippen molar-refractivity contribution in [1.29, 1.82) is 10.5 Å². The van der Waals surface area contributed by atoms with Crippen molar-refractivity contribution < 1.29 is 4.57 Å². The molecule has 0 rings (SSSR count). The fraction of sp³-hybridized carbons (Fsp3) is 0.833. The van der Waals surface area contributed by atoms with Crippen LogP contribution in [0.25, 0.3) is 0 Å². The largest absolute Gasteiger partial charge is 0.323 e. The number of hydrogen-bond acceptors (Lipinski definition) is 3. The zero-order chi connectivity index (χ0) is 12.3. The van der Waals surface area contributed by atoms with Crippen LogP contribution in [0, 0.1) is 22.7 Å². The van der Waals surface area contributed by atoms with E-state index in [-0.39, 0.29) is 0 Å². The minimum absolute atomic E-state index is 0.358. The molecule has 0 saturated carbocycles. The molecule has 0 aliphatic carbocycles. The normalized spacial score (nSPS) is 10.7. The van der Waals surface area contributed by atoms with E-state index in [1.165, 1.54) is 12.8 Å². The van der Waals surface area contributed by atoms with Crippen molar-refractivity contribution in [3.05, 3.63) is 0 Å². The highest BCUT2D eigenvalue weighted by Gasteiger charge is 2.20. The molecule has 0 aromatic heterocycles. The second-order valence-corrected chi connectivity index (χ2v) is 7.56. The summed E-state index contributed by atoms with van der Waals surface area (Å²) in [7, 11) is -2.24. The van der Waals surface area contributed by atoms with Crippen LogP contribution in [0.2, 0.25) is 0 Å². The van der Waals surface area contributed by atoms with Gasteiger partial charge in [-0.15, -0.1) is 0 Å². The van der Waals surface area contributed by atoms with Crippen LogP contribution in [-0.4, -0.2) is 18.5 Å². The standard InChI is InChI=1S/C12H21N2OP/c1-2-3-4-5-10-16(15,11-6-8-13)12-7-9-14/h2-7,10-12H2,1H3. The summed E-state index contributed by atoms with van der Waals surface area (Å²) in [6, 6.07) is 4.09. The minimum Gasteiger partial charge on any atom is -0.323 e. The van der Waals surface area contributed by atoms with Gasteiger partial charge in [-0.3, -0.25) is 0 Å². The molecule has 0 N–H and O–H groups in total. The van der Waals surface area contributed by atoms with Gasteiger partial charge in [0.25, 0.3) is 0 Å². The summed E-state index contributed by atoms with van der Waals surface area (Å²) in [5, 5.41) is 17.1. The molecular formula is C12H21N2OP. The van der Waals surface area contributed by atoms with Gasteiger partial charge in [0.1, 0.15) is 0 Å². The van der Waals surface area contributed by atoms with E-state index in [9.17, 15) is 4.57 Å². The third-order valence-corrected chi connectivity index (χ3v) is 5.89. The molecule has 0 aromatic carbocycles. The number of nitriles is 2. The van der Waals surface area contributed by atoms with Gasteiger partial charge in [0.2, 0.25) is 0 Å². The third kappa shape index (κ3) is 7.49. The summed E-state index contributed by atoms with van der Waals surface area (Å²) in [6.45, 7) is 2.14. The van der Waals surface area contributed by atoms with Crippen molar-refractivity contribution in [2.45, 2.75) is 45.4 Å². The minimum atomic E-state index is -2.24. The highest BCUT2D eigenvalue weighted by molar-refractivity contribution is 7.63. The maximum absolute atomic E-state index is 12.4. The van der Waals surface area contributed by atoms with E-state index >= 15 is 0 Å². The first-order valence-electron chi connectivity index (χ1n) is 5.99. The van der Waals surface area contributed by atoms with Crippen molar-refractivity contribution in [2.24, 2.45) is 0 Å². The van der Waals surface area contributed by atoms with Gasteiger partial charge in [0.15, 0.2) is 0 Å². The van der Waals surface area contributed by atoms with Crippen LogP contribution in [-0.2, 0) is 4.57 Å². The Morgan fingerprint density at radius 3 is 1.94 bits per heavy atom.